The van der Waals surface area contributed by atoms with Crippen molar-refractivity contribution in [1.29, 1.82) is 0 Å². The third kappa shape index (κ3) is 6.79. The summed E-state index contributed by atoms with van der Waals surface area (Å²) < 4.78 is 11.3. The van der Waals surface area contributed by atoms with Crippen LogP contribution in [0, 0.1) is 13.8 Å². The molecule has 2 rings (SSSR count). The van der Waals surface area contributed by atoms with E-state index in [1.165, 1.54) is 0 Å². The van der Waals surface area contributed by atoms with Crippen LogP contribution in [0.3, 0.4) is 0 Å². The van der Waals surface area contributed by atoms with E-state index in [1.54, 1.807) is 0 Å². The first-order valence-corrected chi connectivity index (χ1v) is 10.2. The van der Waals surface area contributed by atoms with Gasteiger partial charge in [-0.1, -0.05) is 52.0 Å². The van der Waals surface area contributed by atoms with Gasteiger partial charge >= 0.3 is 0 Å². The third-order valence-corrected chi connectivity index (χ3v) is 4.64. The Labute approximate surface area is 178 Å². The molecule has 0 saturated carbocycles. The molecular weight excluding hydrogens is 380 g/mol. The monoisotopic (exact) mass is 412 g/mol. The minimum Gasteiger partial charge on any atom is -0.483 e. The van der Waals surface area contributed by atoms with Crippen molar-refractivity contribution in [3.63, 3.8) is 0 Å². The molecule has 30 heavy (non-hydrogen) atoms. The smallest absolute Gasteiger partial charge is 0.276 e. The van der Waals surface area contributed by atoms with Gasteiger partial charge in [0.15, 0.2) is 13.2 Å². The maximum absolute atomic E-state index is 12.1. The van der Waals surface area contributed by atoms with Crippen LogP contribution in [0.2, 0.25) is 0 Å². The van der Waals surface area contributed by atoms with Gasteiger partial charge in [0.2, 0.25) is 0 Å². The number of rotatable bonds is 8. The van der Waals surface area contributed by atoms with Crippen LogP contribution in [-0.2, 0) is 9.59 Å². The van der Waals surface area contributed by atoms with E-state index < -0.39 is 11.8 Å². The number of carbonyl (C=O) groups is 2. The van der Waals surface area contributed by atoms with Crippen LogP contribution >= 0.6 is 0 Å². The highest BCUT2D eigenvalue weighted by Gasteiger charge is 2.13. The van der Waals surface area contributed by atoms with Crippen LogP contribution in [0.4, 0.5) is 0 Å². The molecule has 0 saturated heterocycles. The first-order valence-electron chi connectivity index (χ1n) is 10.2. The Morgan fingerprint density at radius 3 is 1.43 bits per heavy atom. The van der Waals surface area contributed by atoms with Gasteiger partial charge in [-0.15, -0.1) is 0 Å². The van der Waals surface area contributed by atoms with Gasteiger partial charge in [-0.3, -0.25) is 20.4 Å². The highest BCUT2D eigenvalue weighted by Crippen LogP contribution is 2.28. The Kier molecular flexibility index (Phi) is 8.27. The number of hydrogen-bond acceptors (Lipinski definition) is 4. The van der Waals surface area contributed by atoms with Crippen LogP contribution < -0.4 is 20.3 Å². The van der Waals surface area contributed by atoms with Crippen molar-refractivity contribution in [3.8, 4) is 11.5 Å². The predicted octanol–water partition coefficient (Wildman–Crippen LogP) is 4.16. The highest BCUT2D eigenvalue weighted by atomic mass is 16.5. The average molecular weight is 413 g/mol. The lowest BCUT2D eigenvalue weighted by Gasteiger charge is -2.16. The van der Waals surface area contributed by atoms with Crippen molar-refractivity contribution in [2.24, 2.45) is 0 Å². The zero-order valence-electron chi connectivity index (χ0n) is 18.7. The molecule has 6 heteroatoms. The summed E-state index contributed by atoms with van der Waals surface area (Å²) in [5, 5.41) is 0. The molecule has 0 fully saturated rings. The van der Waals surface area contributed by atoms with E-state index in [-0.39, 0.29) is 25.0 Å². The van der Waals surface area contributed by atoms with E-state index in [0.717, 1.165) is 22.3 Å². The van der Waals surface area contributed by atoms with E-state index in [4.69, 9.17) is 9.47 Å². The average Bonchev–Trinajstić information content (AvgIpc) is 2.68. The van der Waals surface area contributed by atoms with Gasteiger partial charge in [-0.2, -0.15) is 0 Å². The van der Waals surface area contributed by atoms with Gasteiger partial charge in [0.05, 0.1) is 0 Å². The molecule has 0 heterocycles. The molecule has 2 N–H and O–H groups in total. The lowest BCUT2D eigenvalue weighted by molar-refractivity contribution is -0.131. The summed E-state index contributed by atoms with van der Waals surface area (Å²) in [5.41, 5.74) is 8.89. The fourth-order valence-electron chi connectivity index (χ4n) is 2.99. The Hall–Kier alpha value is -3.02. The highest BCUT2D eigenvalue weighted by molar-refractivity contribution is 5.83. The second-order valence-corrected chi connectivity index (χ2v) is 8.07. The molecule has 2 amide bonds. The van der Waals surface area contributed by atoms with Gasteiger partial charge in [-0.25, -0.2) is 0 Å². The molecule has 2 aromatic carbocycles. The van der Waals surface area contributed by atoms with Gasteiger partial charge in [0, 0.05) is 0 Å². The minimum atomic E-state index is -0.446. The number of aryl methyl sites for hydroxylation is 2. The molecule has 2 aromatic rings. The van der Waals surface area contributed by atoms with Crippen molar-refractivity contribution in [1.82, 2.24) is 10.9 Å². The number of carbonyl (C=O) groups excluding carboxylic acids is 2. The summed E-state index contributed by atoms with van der Waals surface area (Å²) in [4.78, 5) is 24.1. The molecule has 0 atom stereocenters. The Balaban J connectivity index is 1.83. The normalized spacial score (nSPS) is 10.8. The molecule has 0 aliphatic carbocycles. The minimum absolute atomic E-state index is 0.195. The quantitative estimate of drug-likeness (QED) is 0.639. The second kappa shape index (κ2) is 10.7. The molecule has 0 radical (unpaired) electrons. The Bertz CT molecular complexity index is 817. The lowest BCUT2D eigenvalue weighted by Crippen LogP contribution is -2.45. The summed E-state index contributed by atoms with van der Waals surface area (Å²) in [7, 11) is 0. The molecule has 6 nitrogen and oxygen atoms in total. The zero-order valence-corrected chi connectivity index (χ0v) is 18.7. The van der Waals surface area contributed by atoms with Crippen LogP contribution in [0.5, 0.6) is 11.5 Å². The fourth-order valence-corrected chi connectivity index (χ4v) is 2.99. The SMILES string of the molecule is Cc1ccc(C(C)C)c(OCC(=O)NNC(=O)COc2cc(C)ccc2C(C)C)c1. The number of nitrogens with one attached hydrogen (secondary N) is 2. The Morgan fingerprint density at radius 2 is 1.10 bits per heavy atom. The van der Waals surface area contributed by atoms with Crippen molar-refractivity contribution in [2.45, 2.75) is 53.4 Å². The van der Waals surface area contributed by atoms with E-state index in [2.05, 4.69) is 38.5 Å². The van der Waals surface area contributed by atoms with Gasteiger partial charge < -0.3 is 9.47 Å². The molecule has 0 aliphatic heterocycles. The largest absolute Gasteiger partial charge is 0.483 e. The lowest BCUT2D eigenvalue weighted by atomic mass is 10.0. The van der Waals surface area contributed by atoms with Crippen molar-refractivity contribution in [3.05, 3.63) is 58.7 Å². The van der Waals surface area contributed by atoms with Crippen molar-refractivity contribution < 1.29 is 19.1 Å². The van der Waals surface area contributed by atoms with Gasteiger partial charge in [-0.05, 0) is 60.1 Å². The molecule has 162 valence electrons. The number of benzene rings is 2. The van der Waals surface area contributed by atoms with Crippen LogP contribution in [0.25, 0.3) is 0 Å². The number of amides is 2. The number of hydrazine groups is 1. The molecule has 0 aliphatic rings. The van der Waals surface area contributed by atoms with E-state index in [1.807, 2.05) is 50.2 Å². The summed E-state index contributed by atoms with van der Waals surface area (Å²) in [6.07, 6.45) is 0. The maximum Gasteiger partial charge on any atom is 0.276 e. The topological polar surface area (TPSA) is 76.7 Å². The van der Waals surface area contributed by atoms with Gasteiger partial charge in [0.25, 0.3) is 11.8 Å². The van der Waals surface area contributed by atoms with Crippen LogP contribution in [0.15, 0.2) is 36.4 Å². The van der Waals surface area contributed by atoms with Crippen LogP contribution in [-0.4, -0.2) is 25.0 Å². The second-order valence-electron chi connectivity index (χ2n) is 8.07. The van der Waals surface area contributed by atoms with E-state index in [0.29, 0.717) is 11.5 Å². The fraction of sp³-hybridized carbons (Fsp3) is 0.417. The summed E-state index contributed by atoms with van der Waals surface area (Å²) >= 11 is 0. The van der Waals surface area contributed by atoms with Crippen molar-refractivity contribution >= 4 is 11.8 Å². The molecule has 0 bridgehead atoms. The first kappa shape index (κ1) is 23.3. The van der Waals surface area contributed by atoms with Crippen LogP contribution in [0.1, 0.15) is 61.8 Å². The Morgan fingerprint density at radius 1 is 0.733 bits per heavy atom. The third-order valence-electron chi connectivity index (χ3n) is 4.64. The summed E-state index contributed by atoms with van der Waals surface area (Å²) in [6.45, 7) is 11.8. The van der Waals surface area contributed by atoms with E-state index in [9.17, 15) is 9.59 Å². The zero-order chi connectivity index (χ0) is 22.3. The molecule has 0 aromatic heterocycles. The standard InChI is InChI=1S/C24H32N2O4/c1-15(2)19-9-7-17(5)11-21(19)29-13-23(27)25-26-24(28)14-30-22-12-18(6)8-10-20(22)16(3)4/h7-12,15-16H,13-14H2,1-6H3,(H,25,27)(H,26,28). The summed E-state index contributed by atoms with van der Waals surface area (Å²) in [6, 6.07) is 11.8. The predicted molar refractivity (Wildman–Crippen MR) is 118 cm³/mol. The number of ether oxygens (including phenoxy) is 2. The summed E-state index contributed by atoms with van der Waals surface area (Å²) in [5.74, 6) is 1.01. The molecular formula is C24H32N2O4. The number of hydrogen-bond donors (Lipinski definition) is 2. The van der Waals surface area contributed by atoms with E-state index >= 15 is 0 Å². The molecule has 0 spiro atoms. The maximum atomic E-state index is 12.1. The molecule has 0 unspecified atom stereocenters. The van der Waals surface area contributed by atoms with Gasteiger partial charge in [0.1, 0.15) is 11.5 Å². The van der Waals surface area contributed by atoms with Crippen molar-refractivity contribution in [2.75, 3.05) is 13.2 Å². The first-order chi connectivity index (χ1) is 14.2.